The molecule has 0 atom stereocenters. The predicted molar refractivity (Wildman–Crippen MR) is 89.2 cm³/mol. The lowest BCUT2D eigenvalue weighted by Gasteiger charge is -2.33. The summed E-state index contributed by atoms with van der Waals surface area (Å²) in [5, 5.41) is 8.96. The molecule has 0 aliphatic carbocycles. The van der Waals surface area contributed by atoms with Gasteiger partial charge >= 0.3 is 0 Å². The number of rotatable bonds is 7. The van der Waals surface area contributed by atoms with Crippen molar-refractivity contribution in [2.75, 3.05) is 46.4 Å². The Hall–Kier alpha value is -1.16. The van der Waals surface area contributed by atoms with E-state index in [1.54, 1.807) is 0 Å². The Morgan fingerprint density at radius 1 is 1.24 bits per heavy atom. The Kier molecular flexibility index (Phi) is 6.93. The van der Waals surface area contributed by atoms with Crippen molar-refractivity contribution < 1.29 is 5.11 Å². The number of aliphatic hydroxyl groups excluding tert-OH is 1. The summed E-state index contributed by atoms with van der Waals surface area (Å²) >= 11 is 0. The van der Waals surface area contributed by atoms with Crippen LogP contribution in [0.5, 0.6) is 0 Å². The fourth-order valence-corrected chi connectivity index (χ4v) is 2.98. The minimum atomic E-state index is 0.287. The summed E-state index contributed by atoms with van der Waals surface area (Å²) in [5.74, 6) is 0.801. The van der Waals surface area contributed by atoms with Gasteiger partial charge in [0.2, 0.25) is 0 Å². The molecule has 1 aromatic carbocycles. The molecule has 0 unspecified atom stereocenters. The summed E-state index contributed by atoms with van der Waals surface area (Å²) in [7, 11) is 2.20. The predicted octanol–water partition coefficient (Wildman–Crippen LogP) is 2.34. The molecule has 2 rings (SSSR count). The van der Waals surface area contributed by atoms with Crippen LogP contribution in [-0.2, 0) is 0 Å². The molecule has 0 aromatic heterocycles. The molecule has 1 aromatic rings. The van der Waals surface area contributed by atoms with Gasteiger partial charge in [-0.3, -0.25) is 0 Å². The lowest BCUT2D eigenvalue weighted by Crippen LogP contribution is -2.39. The minimum Gasteiger partial charge on any atom is -0.395 e. The number of β-amino-alcohol motifs (C(OH)–C–C–N with tert-alkyl or cyclic N) is 1. The zero-order valence-electron chi connectivity index (χ0n) is 13.1. The van der Waals surface area contributed by atoms with E-state index >= 15 is 0 Å². The molecule has 0 bridgehead atoms. The summed E-state index contributed by atoms with van der Waals surface area (Å²) in [4.78, 5) is 4.78. The van der Waals surface area contributed by atoms with Gasteiger partial charge in [-0.1, -0.05) is 42.5 Å². The summed E-state index contributed by atoms with van der Waals surface area (Å²) in [5.41, 5.74) is 1.27. The van der Waals surface area contributed by atoms with Gasteiger partial charge in [0, 0.05) is 19.6 Å². The molecular weight excluding hydrogens is 260 g/mol. The molecule has 0 amide bonds. The largest absolute Gasteiger partial charge is 0.395 e. The number of likely N-dealkylation sites (N-methyl/N-ethyl adjacent to an activating group) is 1. The average Bonchev–Trinajstić information content (AvgIpc) is 2.51. The standard InChI is InChI=1S/C18H28N2O/c1-19(11-5-8-17-6-3-2-4-7-17)16-18-9-12-20(13-10-18)14-15-21/h2-8,18,21H,9-16H2,1H3/b8-5+. The number of hydrogen-bond donors (Lipinski definition) is 1. The Bertz CT molecular complexity index is 410. The van der Waals surface area contributed by atoms with E-state index in [0.29, 0.717) is 0 Å². The van der Waals surface area contributed by atoms with Crippen LogP contribution in [0.2, 0.25) is 0 Å². The Labute approximate surface area is 128 Å². The monoisotopic (exact) mass is 288 g/mol. The topological polar surface area (TPSA) is 26.7 Å². The summed E-state index contributed by atoms with van der Waals surface area (Å²) in [6.45, 7) is 5.58. The second-order valence-electron chi connectivity index (χ2n) is 6.04. The highest BCUT2D eigenvalue weighted by molar-refractivity contribution is 5.48. The fraction of sp³-hybridized carbons (Fsp3) is 0.556. The van der Waals surface area contributed by atoms with Crippen LogP contribution in [0.25, 0.3) is 6.08 Å². The maximum Gasteiger partial charge on any atom is 0.0558 e. The number of aliphatic hydroxyl groups is 1. The quantitative estimate of drug-likeness (QED) is 0.834. The first kappa shape index (κ1) is 16.2. The molecule has 0 radical (unpaired) electrons. The SMILES string of the molecule is CN(C/C=C/c1ccccc1)CC1CCN(CCO)CC1. The van der Waals surface area contributed by atoms with Gasteiger partial charge in [-0.2, -0.15) is 0 Å². The molecule has 1 fully saturated rings. The van der Waals surface area contributed by atoms with Crippen molar-refractivity contribution in [3.05, 3.63) is 42.0 Å². The molecule has 1 heterocycles. The highest BCUT2D eigenvalue weighted by Crippen LogP contribution is 2.17. The summed E-state index contributed by atoms with van der Waals surface area (Å²) in [6.07, 6.45) is 6.95. The third-order valence-corrected chi connectivity index (χ3v) is 4.22. The van der Waals surface area contributed by atoms with Crippen LogP contribution >= 0.6 is 0 Å². The number of piperidine rings is 1. The third-order valence-electron chi connectivity index (χ3n) is 4.22. The van der Waals surface area contributed by atoms with Crippen LogP contribution in [0.15, 0.2) is 36.4 Å². The van der Waals surface area contributed by atoms with Crippen molar-refractivity contribution in [2.45, 2.75) is 12.8 Å². The van der Waals surface area contributed by atoms with Gasteiger partial charge < -0.3 is 14.9 Å². The Morgan fingerprint density at radius 2 is 1.95 bits per heavy atom. The van der Waals surface area contributed by atoms with Crippen LogP contribution in [0, 0.1) is 5.92 Å². The zero-order chi connectivity index (χ0) is 14.9. The molecule has 116 valence electrons. The second kappa shape index (κ2) is 8.98. The summed E-state index contributed by atoms with van der Waals surface area (Å²) in [6, 6.07) is 10.5. The van der Waals surface area contributed by atoms with Crippen LogP contribution in [0.3, 0.4) is 0 Å². The molecule has 21 heavy (non-hydrogen) atoms. The summed E-state index contributed by atoms with van der Waals surface area (Å²) < 4.78 is 0. The van der Waals surface area contributed by atoms with E-state index in [-0.39, 0.29) is 6.61 Å². The molecule has 0 saturated carbocycles. The number of benzene rings is 1. The Balaban J connectivity index is 1.66. The highest BCUT2D eigenvalue weighted by Gasteiger charge is 2.19. The van der Waals surface area contributed by atoms with Crippen LogP contribution in [0.4, 0.5) is 0 Å². The van der Waals surface area contributed by atoms with Gasteiger partial charge in [0.05, 0.1) is 6.61 Å². The van der Waals surface area contributed by atoms with E-state index < -0.39 is 0 Å². The van der Waals surface area contributed by atoms with Crippen molar-refractivity contribution in [2.24, 2.45) is 5.92 Å². The van der Waals surface area contributed by atoms with Crippen molar-refractivity contribution in [3.63, 3.8) is 0 Å². The van der Waals surface area contributed by atoms with Crippen LogP contribution in [0.1, 0.15) is 18.4 Å². The van der Waals surface area contributed by atoms with Crippen molar-refractivity contribution in [1.29, 1.82) is 0 Å². The van der Waals surface area contributed by atoms with Gasteiger partial charge in [-0.05, 0) is 44.5 Å². The van der Waals surface area contributed by atoms with Gasteiger partial charge in [0.25, 0.3) is 0 Å². The highest BCUT2D eigenvalue weighted by atomic mass is 16.3. The van der Waals surface area contributed by atoms with Crippen molar-refractivity contribution in [1.82, 2.24) is 9.80 Å². The van der Waals surface area contributed by atoms with Crippen molar-refractivity contribution >= 4 is 6.08 Å². The van der Waals surface area contributed by atoms with Gasteiger partial charge in [-0.25, -0.2) is 0 Å². The number of nitrogens with zero attached hydrogens (tertiary/aromatic N) is 2. The lowest BCUT2D eigenvalue weighted by atomic mass is 9.96. The van der Waals surface area contributed by atoms with Crippen molar-refractivity contribution in [3.8, 4) is 0 Å². The first-order chi connectivity index (χ1) is 10.3. The molecule has 3 heteroatoms. The smallest absolute Gasteiger partial charge is 0.0558 e. The van der Waals surface area contributed by atoms with Crippen LogP contribution < -0.4 is 0 Å². The fourth-order valence-electron chi connectivity index (χ4n) is 2.98. The first-order valence-corrected chi connectivity index (χ1v) is 8.01. The van der Waals surface area contributed by atoms with Gasteiger partial charge in [-0.15, -0.1) is 0 Å². The second-order valence-corrected chi connectivity index (χ2v) is 6.04. The average molecular weight is 288 g/mol. The molecular formula is C18H28N2O. The maximum absolute atomic E-state index is 8.96. The van der Waals surface area contributed by atoms with E-state index in [1.807, 2.05) is 6.07 Å². The van der Waals surface area contributed by atoms with E-state index in [0.717, 1.165) is 32.1 Å². The lowest BCUT2D eigenvalue weighted by molar-refractivity contribution is 0.133. The molecule has 1 aliphatic heterocycles. The molecule has 1 N–H and O–H groups in total. The van der Waals surface area contributed by atoms with E-state index in [2.05, 4.69) is 53.3 Å². The van der Waals surface area contributed by atoms with E-state index in [1.165, 1.54) is 24.9 Å². The zero-order valence-corrected chi connectivity index (χ0v) is 13.1. The molecule has 0 spiro atoms. The molecule has 3 nitrogen and oxygen atoms in total. The van der Waals surface area contributed by atoms with Crippen LogP contribution in [-0.4, -0.2) is 61.3 Å². The third kappa shape index (κ3) is 6.00. The minimum absolute atomic E-state index is 0.287. The normalized spacial score (nSPS) is 17.9. The number of hydrogen-bond acceptors (Lipinski definition) is 3. The molecule has 1 aliphatic rings. The van der Waals surface area contributed by atoms with Gasteiger partial charge in [0.15, 0.2) is 0 Å². The first-order valence-electron chi connectivity index (χ1n) is 8.01. The van der Waals surface area contributed by atoms with E-state index in [4.69, 9.17) is 5.11 Å². The van der Waals surface area contributed by atoms with Gasteiger partial charge in [0.1, 0.15) is 0 Å². The number of likely N-dealkylation sites (tertiary alicyclic amines) is 1. The Morgan fingerprint density at radius 3 is 2.62 bits per heavy atom. The maximum atomic E-state index is 8.96. The van der Waals surface area contributed by atoms with E-state index in [9.17, 15) is 0 Å². The molecule has 1 saturated heterocycles.